The topological polar surface area (TPSA) is 64.4 Å². The molecule has 2 aliphatic rings. The molecule has 1 saturated heterocycles. The Bertz CT molecular complexity index is 1870. The highest BCUT2D eigenvalue weighted by Gasteiger charge is 2.36. The molecule has 4 aromatic carbocycles. The van der Waals surface area contributed by atoms with Gasteiger partial charge in [0.15, 0.2) is 0 Å². The Morgan fingerprint density at radius 2 is 1.41 bits per heavy atom. The fraction of sp³-hybridized carbons (Fsp3) is 0.286. The summed E-state index contributed by atoms with van der Waals surface area (Å²) in [5.41, 5.74) is 5.66. The smallest absolute Gasteiger partial charge is 0.243 e. The van der Waals surface area contributed by atoms with Crippen LogP contribution in [-0.2, 0) is 10.0 Å². The van der Waals surface area contributed by atoms with Crippen LogP contribution in [0, 0.1) is 0 Å². The lowest BCUT2D eigenvalue weighted by molar-refractivity contribution is 0.311. The third kappa shape index (κ3) is 5.63. The molecule has 5 aromatic rings. The molecule has 226 valence electrons. The zero-order valence-corrected chi connectivity index (χ0v) is 26.7. The average molecular weight is 647 g/mol. The first-order valence-electron chi connectivity index (χ1n) is 15.0. The molecule has 0 N–H and O–H groups in total. The molecule has 2 heterocycles. The molecule has 2 fully saturated rings. The van der Waals surface area contributed by atoms with E-state index < -0.39 is 10.0 Å². The summed E-state index contributed by atoms with van der Waals surface area (Å²) in [4.78, 5) is 0.267. The molecule has 1 aliphatic heterocycles. The van der Waals surface area contributed by atoms with Crippen molar-refractivity contribution in [1.82, 2.24) is 14.1 Å². The van der Waals surface area contributed by atoms with E-state index in [0.717, 1.165) is 53.3 Å². The lowest BCUT2D eigenvalue weighted by Crippen LogP contribution is -2.38. The summed E-state index contributed by atoms with van der Waals surface area (Å²) in [7, 11) is -2.07. The molecule has 1 saturated carbocycles. The lowest BCUT2D eigenvalue weighted by atomic mass is 9.84. The molecule has 1 aliphatic carbocycles. The zero-order chi connectivity index (χ0) is 30.4. The molecule has 0 amide bonds. The summed E-state index contributed by atoms with van der Waals surface area (Å²) >= 11 is 12.5. The van der Waals surface area contributed by atoms with E-state index in [4.69, 9.17) is 33.0 Å². The quantitative estimate of drug-likeness (QED) is 0.159. The van der Waals surface area contributed by atoms with Crippen molar-refractivity contribution in [2.75, 3.05) is 20.2 Å². The van der Waals surface area contributed by atoms with E-state index in [1.807, 2.05) is 24.3 Å². The molecule has 0 atom stereocenters. The van der Waals surface area contributed by atoms with Gasteiger partial charge in [-0.25, -0.2) is 8.42 Å². The molecule has 0 bridgehead atoms. The number of fused-ring (bicyclic) bond motifs is 1. The van der Waals surface area contributed by atoms with Crippen molar-refractivity contribution >= 4 is 44.1 Å². The van der Waals surface area contributed by atoms with Crippen molar-refractivity contribution in [2.24, 2.45) is 0 Å². The molecule has 44 heavy (non-hydrogen) atoms. The number of nitrogens with zero attached hydrogens (tertiary/aromatic N) is 3. The van der Waals surface area contributed by atoms with Crippen molar-refractivity contribution in [3.63, 3.8) is 0 Å². The fourth-order valence-electron chi connectivity index (χ4n) is 6.49. The van der Waals surface area contributed by atoms with Crippen molar-refractivity contribution in [1.29, 1.82) is 0 Å². The van der Waals surface area contributed by atoms with Gasteiger partial charge in [0.1, 0.15) is 5.75 Å². The molecular formula is C35H33Cl2N3O3S. The zero-order valence-electron chi connectivity index (χ0n) is 24.4. The second kappa shape index (κ2) is 11.9. The maximum absolute atomic E-state index is 13.5. The van der Waals surface area contributed by atoms with Gasteiger partial charge in [0.25, 0.3) is 0 Å². The minimum atomic E-state index is -3.62. The number of ether oxygens (including phenoxy) is 1. The first-order valence-corrected chi connectivity index (χ1v) is 17.2. The molecule has 0 spiro atoms. The SMILES string of the molecule is COc1cccc(S(=O)(=O)N2CCC(c3c4cc(C(c5ccc(Cl)cc5)c5ccc(Cl)cc5)ccc4nn3C3CC3)CC2)c1. The van der Waals surface area contributed by atoms with E-state index in [1.54, 1.807) is 35.7 Å². The first-order chi connectivity index (χ1) is 21.3. The Hall–Kier alpha value is -3.36. The summed E-state index contributed by atoms with van der Waals surface area (Å²) in [6.07, 6.45) is 3.71. The van der Waals surface area contributed by atoms with Crippen molar-refractivity contribution in [3.05, 3.63) is 123 Å². The van der Waals surface area contributed by atoms with E-state index in [0.29, 0.717) is 34.9 Å². The van der Waals surface area contributed by atoms with Crippen LogP contribution in [0.3, 0.4) is 0 Å². The summed E-state index contributed by atoms with van der Waals surface area (Å²) in [5, 5.41) is 7.64. The number of aromatic nitrogens is 2. The normalized spacial score (nSPS) is 16.5. The number of hydrogen-bond acceptors (Lipinski definition) is 4. The predicted molar refractivity (Wildman–Crippen MR) is 176 cm³/mol. The Kier molecular flexibility index (Phi) is 7.91. The van der Waals surface area contributed by atoms with Gasteiger partial charge in [-0.15, -0.1) is 0 Å². The van der Waals surface area contributed by atoms with Gasteiger partial charge in [-0.3, -0.25) is 4.68 Å². The van der Waals surface area contributed by atoms with Gasteiger partial charge in [-0.1, -0.05) is 59.6 Å². The number of piperidine rings is 1. The summed E-state index contributed by atoms with van der Waals surface area (Å²) in [6.45, 7) is 0.916. The number of hydrogen-bond donors (Lipinski definition) is 0. The number of halogens is 2. The summed E-state index contributed by atoms with van der Waals surface area (Å²) in [6, 6.07) is 29.8. The predicted octanol–water partition coefficient (Wildman–Crippen LogP) is 8.44. The average Bonchev–Trinajstić information content (AvgIpc) is 3.83. The third-order valence-electron chi connectivity index (χ3n) is 8.91. The van der Waals surface area contributed by atoms with Crippen LogP contribution in [0.25, 0.3) is 10.9 Å². The second-order valence-electron chi connectivity index (χ2n) is 11.7. The van der Waals surface area contributed by atoms with Gasteiger partial charge in [-0.2, -0.15) is 9.40 Å². The highest BCUT2D eigenvalue weighted by molar-refractivity contribution is 7.89. The van der Waals surface area contributed by atoms with E-state index in [9.17, 15) is 8.42 Å². The van der Waals surface area contributed by atoms with Gasteiger partial charge in [0.2, 0.25) is 10.0 Å². The van der Waals surface area contributed by atoms with Gasteiger partial charge >= 0.3 is 0 Å². The van der Waals surface area contributed by atoms with E-state index in [-0.39, 0.29) is 16.7 Å². The third-order valence-corrected chi connectivity index (χ3v) is 11.3. The monoisotopic (exact) mass is 645 g/mol. The first kappa shape index (κ1) is 29.4. The van der Waals surface area contributed by atoms with Crippen LogP contribution in [0.15, 0.2) is 95.9 Å². The minimum Gasteiger partial charge on any atom is -0.497 e. The Balaban J connectivity index is 1.24. The number of methoxy groups -OCH3 is 1. The Morgan fingerprint density at radius 3 is 2.00 bits per heavy atom. The van der Waals surface area contributed by atoms with Crippen molar-refractivity contribution in [3.8, 4) is 5.75 Å². The van der Waals surface area contributed by atoms with E-state index in [1.165, 1.54) is 5.69 Å². The highest BCUT2D eigenvalue weighted by atomic mass is 35.5. The van der Waals surface area contributed by atoms with Crippen LogP contribution in [0.5, 0.6) is 5.75 Å². The maximum atomic E-state index is 13.5. The molecule has 7 rings (SSSR count). The van der Waals surface area contributed by atoms with Gasteiger partial charge in [0, 0.05) is 52.1 Å². The van der Waals surface area contributed by atoms with Crippen molar-refractivity contribution < 1.29 is 13.2 Å². The summed E-state index contributed by atoms with van der Waals surface area (Å²) in [5.74, 6) is 0.727. The number of rotatable bonds is 8. The van der Waals surface area contributed by atoms with Crippen LogP contribution in [0.2, 0.25) is 10.0 Å². The van der Waals surface area contributed by atoms with E-state index >= 15 is 0 Å². The van der Waals surface area contributed by atoms with Gasteiger partial charge in [-0.05, 0) is 90.9 Å². The van der Waals surface area contributed by atoms with Crippen LogP contribution < -0.4 is 4.74 Å². The van der Waals surface area contributed by atoms with Crippen molar-refractivity contribution in [2.45, 2.75) is 48.5 Å². The highest BCUT2D eigenvalue weighted by Crippen LogP contribution is 2.44. The van der Waals surface area contributed by atoms with Gasteiger partial charge in [0.05, 0.1) is 23.6 Å². The molecule has 6 nitrogen and oxygen atoms in total. The largest absolute Gasteiger partial charge is 0.497 e. The molecule has 0 radical (unpaired) electrons. The lowest BCUT2D eigenvalue weighted by Gasteiger charge is -2.32. The van der Waals surface area contributed by atoms with E-state index in [2.05, 4.69) is 47.1 Å². The van der Waals surface area contributed by atoms with Crippen LogP contribution in [-0.4, -0.2) is 42.7 Å². The second-order valence-corrected chi connectivity index (χ2v) is 14.5. The minimum absolute atomic E-state index is 0.0130. The number of benzene rings is 4. The standard InChI is InChI=1S/C35H33Cl2N3O3S/c1-43-30-3-2-4-31(22-30)44(41,42)39-19-17-25(18-20-39)35-32-21-26(9-16-33(32)38-40(35)29-14-15-29)34(23-5-10-27(36)11-6-23)24-7-12-28(37)13-8-24/h2-13,16,21-22,25,29,34H,14-15,17-20H2,1H3. The Morgan fingerprint density at radius 1 is 0.795 bits per heavy atom. The Labute approximate surface area is 268 Å². The number of sulfonamides is 1. The fourth-order valence-corrected chi connectivity index (χ4v) is 8.25. The summed E-state index contributed by atoms with van der Waals surface area (Å²) < 4.78 is 36.2. The van der Waals surface area contributed by atoms with Crippen LogP contribution >= 0.6 is 23.2 Å². The van der Waals surface area contributed by atoms with Crippen LogP contribution in [0.4, 0.5) is 0 Å². The molecule has 9 heteroatoms. The molecule has 1 aromatic heterocycles. The molecule has 0 unspecified atom stereocenters. The van der Waals surface area contributed by atoms with Gasteiger partial charge < -0.3 is 4.74 Å². The molecular weight excluding hydrogens is 613 g/mol. The maximum Gasteiger partial charge on any atom is 0.243 e. The van der Waals surface area contributed by atoms with Crippen LogP contribution in [0.1, 0.15) is 65.9 Å².